The molecule has 0 atom stereocenters. The fourth-order valence-corrected chi connectivity index (χ4v) is 4.24. The number of amides is 1. The minimum absolute atomic E-state index is 0.0769. The van der Waals surface area contributed by atoms with Crippen LogP contribution in [-0.4, -0.2) is 51.9 Å². The molecule has 2 aliphatic heterocycles. The maximum absolute atomic E-state index is 12.6. The second kappa shape index (κ2) is 7.54. The number of carbonyl (C=O) groups excluding carboxylic acids is 1. The molecule has 0 aromatic carbocycles. The zero-order valence-electron chi connectivity index (χ0n) is 15.2. The van der Waals surface area contributed by atoms with Crippen molar-refractivity contribution >= 4 is 5.91 Å². The van der Waals surface area contributed by atoms with E-state index in [0.29, 0.717) is 11.1 Å². The first kappa shape index (κ1) is 17.2. The smallest absolute Gasteiger partial charge is 0.272 e. The van der Waals surface area contributed by atoms with Gasteiger partial charge in [0.1, 0.15) is 5.69 Å². The number of pyridine rings is 2. The Hall–Kier alpha value is -2.27. The first-order chi connectivity index (χ1) is 12.7. The number of hydrogen-bond acceptors (Lipinski definition) is 4. The van der Waals surface area contributed by atoms with Gasteiger partial charge in [-0.05, 0) is 68.5 Å². The van der Waals surface area contributed by atoms with Gasteiger partial charge in [0.2, 0.25) is 0 Å². The summed E-state index contributed by atoms with van der Waals surface area (Å²) in [5.74, 6) is 0.0769. The predicted octanol–water partition coefficient (Wildman–Crippen LogP) is 3.00. The third-order valence-electron chi connectivity index (χ3n) is 6.02. The molecule has 4 heterocycles. The Labute approximate surface area is 155 Å². The van der Waals surface area contributed by atoms with Crippen LogP contribution in [0.3, 0.4) is 0 Å². The van der Waals surface area contributed by atoms with Gasteiger partial charge in [-0.1, -0.05) is 12.1 Å². The van der Waals surface area contributed by atoms with Crippen LogP contribution in [0.15, 0.2) is 48.8 Å². The summed E-state index contributed by atoms with van der Waals surface area (Å²) >= 11 is 0. The molecule has 136 valence electrons. The molecular weight excluding hydrogens is 324 g/mol. The van der Waals surface area contributed by atoms with Crippen molar-refractivity contribution in [3.8, 4) is 0 Å². The molecule has 1 spiro atoms. The van der Waals surface area contributed by atoms with Gasteiger partial charge in [0, 0.05) is 32.0 Å². The van der Waals surface area contributed by atoms with Crippen LogP contribution in [0.1, 0.15) is 41.9 Å². The van der Waals surface area contributed by atoms with Gasteiger partial charge in [-0.3, -0.25) is 19.7 Å². The largest absolute Gasteiger partial charge is 0.337 e. The molecule has 26 heavy (non-hydrogen) atoms. The molecule has 2 aromatic heterocycles. The van der Waals surface area contributed by atoms with Crippen LogP contribution in [0.25, 0.3) is 0 Å². The van der Waals surface area contributed by atoms with Crippen molar-refractivity contribution in [2.75, 3.05) is 26.2 Å². The van der Waals surface area contributed by atoms with Crippen molar-refractivity contribution < 1.29 is 4.79 Å². The van der Waals surface area contributed by atoms with Crippen LogP contribution in [0.2, 0.25) is 0 Å². The molecule has 0 aliphatic carbocycles. The second-order valence-electron chi connectivity index (χ2n) is 7.60. The fraction of sp³-hybridized carbons (Fsp3) is 0.476. The van der Waals surface area contributed by atoms with Gasteiger partial charge in [0.25, 0.3) is 5.91 Å². The fourth-order valence-electron chi connectivity index (χ4n) is 4.24. The van der Waals surface area contributed by atoms with E-state index in [1.807, 2.05) is 35.4 Å². The highest BCUT2D eigenvalue weighted by atomic mass is 16.2. The summed E-state index contributed by atoms with van der Waals surface area (Å²) < 4.78 is 0. The molecular formula is C21H26N4O. The summed E-state index contributed by atoms with van der Waals surface area (Å²) in [7, 11) is 0. The van der Waals surface area contributed by atoms with E-state index in [4.69, 9.17) is 0 Å². The predicted molar refractivity (Wildman–Crippen MR) is 101 cm³/mol. The summed E-state index contributed by atoms with van der Waals surface area (Å²) in [5.41, 5.74) is 2.13. The molecule has 2 fully saturated rings. The highest BCUT2D eigenvalue weighted by molar-refractivity contribution is 5.92. The van der Waals surface area contributed by atoms with Crippen molar-refractivity contribution in [1.82, 2.24) is 19.8 Å². The molecule has 0 unspecified atom stereocenters. The van der Waals surface area contributed by atoms with Gasteiger partial charge in [-0.25, -0.2) is 0 Å². The lowest BCUT2D eigenvalue weighted by atomic mass is 9.71. The van der Waals surface area contributed by atoms with Gasteiger partial charge in [-0.15, -0.1) is 0 Å². The number of piperidine rings is 2. The minimum Gasteiger partial charge on any atom is -0.337 e. The zero-order chi connectivity index (χ0) is 17.8. The van der Waals surface area contributed by atoms with E-state index in [0.717, 1.165) is 51.3 Å². The number of rotatable bonds is 3. The first-order valence-electron chi connectivity index (χ1n) is 9.57. The summed E-state index contributed by atoms with van der Waals surface area (Å²) in [6.45, 7) is 4.92. The van der Waals surface area contributed by atoms with E-state index in [1.165, 1.54) is 12.8 Å². The third-order valence-corrected chi connectivity index (χ3v) is 6.02. The highest BCUT2D eigenvalue weighted by Gasteiger charge is 2.38. The van der Waals surface area contributed by atoms with Gasteiger partial charge in [0.15, 0.2) is 0 Å². The van der Waals surface area contributed by atoms with Gasteiger partial charge in [-0.2, -0.15) is 0 Å². The van der Waals surface area contributed by atoms with Crippen molar-refractivity contribution in [1.29, 1.82) is 0 Å². The van der Waals surface area contributed by atoms with Gasteiger partial charge in [0.05, 0.1) is 5.69 Å². The lowest BCUT2D eigenvalue weighted by Gasteiger charge is -2.46. The van der Waals surface area contributed by atoms with Crippen LogP contribution < -0.4 is 0 Å². The molecule has 0 bridgehead atoms. The molecule has 2 aromatic rings. The first-order valence-corrected chi connectivity index (χ1v) is 9.57. The Morgan fingerprint density at radius 1 is 0.885 bits per heavy atom. The summed E-state index contributed by atoms with van der Waals surface area (Å²) in [6.07, 6.45) is 8.24. The quantitative estimate of drug-likeness (QED) is 0.854. The SMILES string of the molecule is O=C(c1ccccn1)N1CCC2(CCN(Cc3ccccn3)CC2)CC1. The Morgan fingerprint density at radius 3 is 2.15 bits per heavy atom. The Kier molecular flexibility index (Phi) is 4.98. The van der Waals surface area contributed by atoms with Gasteiger partial charge >= 0.3 is 0 Å². The molecule has 2 aliphatic rings. The summed E-state index contributed by atoms with van der Waals surface area (Å²) in [4.78, 5) is 25.7. The standard InChI is InChI=1S/C21H26N4O/c26-20(19-6-2-4-12-23-19)25-15-9-21(10-16-25)7-13-24(14-8-21)17-18-5-1-3-11-22-18/h1-6,11-12H,7-10,13-17H2. The van der Waals surface area contributed by atoms with E-state index >= 15 is 0 Å². The van der Waals surface area contributed by atoms with Crippen molar-refractivity contribution in [3.63, 3.8) is 0 Å². The van der Waals surface area contributed by atoms with Crippen LogP contribution in [0.5, 0.6) is 0 Å². The van der Waals surface area contributed by atoms with Crippen LogP contribution in [-0.2, 0) is 6.54 Å². The minimum atomic E-state index is 0.0769. The monoisotopic (exact) mass is 350 g/mol. The maximum atomic E-state index is 12.6. The number of likely N-dealkylation sites (tertiary alicyclic amines) is 2. The van der Waals surface area contributed by atoms with Gasteiger partial charge < -0.3 is 4.90 Å². The van der Waals surface area contributed by atoms with Crippen molar-refractivity contribution in [2.24, 2.45) is 5.41 Å². The topological polar surface area (TPSA) is 49.3 Å². The molecule has 5 nitrogen and oxygen atoms in total. The molecule has 0 radical (unpaired) electrons. The lowest BCUT2D eigenvalue weighted by Crippen LogP contribution is -2.48. The summed E-state index contributed by atoms with van der Waals surface area (Å²) in [5, 5.41) is 0. The molecule has 0 saturated carbocycles. The third kappa shape index (κ3) is 3.78. The number of carbonyl (C=O) groups is 1. The second-order valence-corrected chi connectivity index (χ2v) is 7.60. The molecule has 4 rings (SSSR count). The molecule has 1 amide bonds. The average molecular weight is 350 g/mol. The van der Waals surface area contributed by atoms with Crippen LogP contribution in [0, 0.1) is 5.41 Å². The number of hydrogen-bond donors (Lipinski definition) is 0. The maximum Gasteiger partial charge on any atom is 0.272 e. The van der Waals surface area contributed by atoms with Crippen molar-refractivity contribution in [3.05, 3.63) is 60.2 Å². The van der Waals surface area contributed by atoms with E-state index in [2.05, 4.69) is 27.0 Å². The molecule has 0 N–H and O–H groups in total. The van der Waals surface area contributed by atoms with E-state index in [-0.39, 0.29) is 5.91 Å². The van der Waals surface area contributed by atoms with Crippen molar-refractivity contribution in [2.45, 2.75) is 32.2 Å². The average Bonchev–Trinajstić information content (AvgIpc) is 2.71. The van der Waals surface area contributed by atoms with Crippen LogP contribution in [0.4, 0.5) is 0 Å². The summed E-state index contributed by atoms with van der Waals surface area (Å²) in [6, 6.07) is 11.7. The Bertz CT molecular complexity index is 716. The molecule has 2 saturated heterocycles. The van der Waals surface area contributed by atoms with Crippen LogP contribution >= 0.6 is 0 Å². The lowest BCUT2D eigenvalue weighted by molar-refractivity contribution is 0.0279. The van der Waals surface area contributed by atoms with E-state index < -0.39 is 0 Å². The molecule has 5 heteroatoms. The Balaban J connectivity index is 1.29. The van der Waals surface area contributed by atoms with E-state index in [1.54, 1.807) is 6.20 Å². The zero-order valence-corrected chi connectivity index (χ0v) is 15.2. The van der Waals surface area contributed by atoms with E-state index in [9.17, 15) is 4.79 Å². The number of nitrogens with zero attached hydrogens (tertiary/aromatic N) is 4. The number of aromatic nitrogens is 2. The Morgan fingerprint density at radius 2 is 1.54 bits per heavy atom. The highest BCUT2D eigenvalue weighted by Crippen LogP contribution is 2.41. The normalized spacial score (nSPS) is 20.2.